The van der Waals surface area contributed by atoms with Crippen LogP contribution >= 0.6 is 38.6 Å². The van der Waals surface area contributed by atoms with E-state index in [4.69, 9.17) is 9.72 Å². The third kappa shape index (κ3) is 4.57. The van der Waals surface area contributed by atoms with Crippen LogP contribution < -0.4 is 4.90 Å². The quantitative estimate of drug-likeness (QED) is 0.537. The van der Waals surface area contributed by atoms with Gasteiger partial charge in [-0.3, -0.25) is 14.6 Å². The lowest BCUT2D eigenvalue weighted by Crippen LogP contribution is -2.39. The van der Waals surface area contributed by atoms with Crippen molar-refractivity contribution in [2.75, 3.05) is 44.3 Å². The van der Waals surface area contributed by atoms with Gasteiger partial charge in [0.15, 0.2) is 5.13 Å². The summed E-state index contributed by atoms with van der Waals surface area (Å²) in [5.41, 5.74) is 0.926. The number of morpholine rings is 1. The van der Waals surface area contributed by atoms with Crippen LogP contribution in [0.4, 0.5) is 5.13 Å². The zero-order chi connectivity index (χ0) is 18.6. The van der Waals surface area contributed by atoms with Crippen LogP contribution in [0.2, 0.25) is 0 Å². The zero-order valence-electron chi connectivity index (χ0n) is 14.8. The monoisotopic (exact) mass is 465 g/mol. The van der Waals surface area contributed by atoms with Crippen LogP contribution in [0.3, 0.4) is 0 Å². The summed E-state index contributed by atoms with van der Waals surface area (Å²) in [5, 5.41) is 2.71. The fourth-order valence-electron chi connectivity index (χ4n) is 3.10. The van der Waals surface area contributed by atoms with Gasteiger partial charge in [-0.05, 0) is 36.1 Å². The van der Waals surface area contributed by atoms with E-state index in [1.54, 1.807) is 11.3 Å². The van der Waals surface area contributed by atoms with E-state index in [-0.39, 0.29) is 5.91 Å². The number of halogens is 1. The largest absolute Gasteiger partial charge is 0.379 e. The second-order valence-corrected chi connectivity index (χ2v) is 9.22. The smallest absolute Gasteiger partial charge is 0.270 e. The summed E-state index contributed by atoms with van der Waals surface area (Å²) >= 11 is 6.55. The van der Waals surface area contributed by atoms with Crippen LogP contribution in [-0.4, -0.2) is 55.2 Å². The first-order valence-electron chi connectivity index (χ1n) is 8.92. The minimum absolute atomic E-state index is 0.0325. The molecule has 1 amide bonds. The standard InChI is InChI=1S/C19H20BrN3O2S2/c20-14-4-5-15-17(13-14)27-19(21-15)23(18(24)16-3-1-12-26-16)7-2-6-22-8-10-25-11-9-22/h1,3-5,12-13H,2,6-11H2. The summed E-state index contributed by atoms with van der Waals surface area (Å²) < 4.78 is 7.51. The third-order valence-corrected chi connectivity index (χ3v) is 6.90. The van der Waals surface area contributed by atoms with Gasteiger partial charge in [-0.1, -0.05) is 33.3 Å². The summed E-state index contributed by atoms with van der Waals surface area (Å²) in [4.78, 5) is 22.8. The number of carbonyl (C=O) groups excluding carboxylic acids is 1. The molecule has 0 spiro atoms. The van der Waals surface area contributed by atoms with Crippen molar-refractivity contribution < 1.29 is 9.53 Å². The number of benzene rings is 1. The molecule has 1 aliphatic heterocycles. The minimum Gasteiger partial charge on any atom is -0.379 e. The van der Waals surface area contributed by atoms with E-state index in [0.29, 0.717) is 6.54 Å². The summed E-state index contributed by atoms with van der Waals surface area (Å²) in [6, 6.07) is 9.82. The molecule has 4 rings (SSSR count). The molecule has 0 N–H and O–H groups in total. The van der Waals surface area contributed by atoms with Crippen LogP contribution in [0.5, 0.6) is 0 Å². The molecular formula is C19H20BrN3O2S2. The fourth-order valence-corrected chi connectivity index (χ4v) is 5.31. The van der Waals surface area contributed by atoms with Crippen molar-refractivity contribution in [2.45, 2.75) is 6.42 Å². The molecule has 0 aliphatic carbocycles. The average molecular weight is 466 g/mol. The minimum atomic E-state index is 0.0325. The number of ether oxygens (including phenoxy) is 1. The highest BCUT2D eigenvalue weighted by Crippen LogP contribution is 2.32. The summed E-state index contributed by atoms with van der Waals surface area (Å²) in [7, 11) is 0. The topological polar surface area (TPSA) is 45.7 Å². The Morgan fingerprint density at radius 2 is 2.15 bits per heavy atom. The SMILES string of the molecule is O=C(c1cccs1)N(CCCN1CCOCC1)c1nc2ccc(Br)cc2s1. The molecule has 27 heavy (non-hydrogen) atoms. The molecule has 0 radical (unpaired) electrons. The van der Waals surface area contributed by atoms with Crippen LogP contribution in [0.1, 0.15) is 16.1 Å². The Balaban J connectivity index is 1.53. The van der Waals surface area contributed by atoms with Gasteiger partial charge in [0.25, 0.3) is 5.91 Å². The number of aromatic nitrogens is 1. The Kier molecular flexibility index (Phi) is 6.19. The van der Waals surface area contributed by atoms with Crippen LogP contribution in [0.15, 0.2) is 40.2 Å². The Morgan fingerprint density at radius 1 is 1.30 bits per heavy atom. The maximum absolute atomic E-state index is 13.1. The Hall–Kier alpha value is -1.32. The number of hydrogen-bond donors (Lipinski definition) is 0. The first-order chi connectivity index (χ1) is 13.2. The van der Waals surface area contributed by atoms with E-state index in [2.05, 4.69) is 26.9 Å². The van der Waals surface area contributed by atoms with Gasteiger partial charge >= 0.3 is 0 Å². The maximum Gasteiger partial charge on any atom is 0.270 e. The predicted molar refractivity (Wildman–Crippen MR) is 115 cm³/mol. The van der Waals surface area contributed by atoms with Gasteiger partial charge in [0.05, 0.1) is 28.3 Å². The predicted octanol–water partition coefficient (Wildman–Crippen LogP) is 4.49. The lowest BCUT2D eigenvalue weighted by molar-refractivity contribution is 0.0376. The van der Waals surface area contributed by atoms with E-state index in [9.17, 15) is 4.79 Å². The molecule has 3 heterocycles. The molecule has 5 nitrogen and oxygen atoms in total. The van der Waals surface area contributed by atoms with E-state index in [0.717, 1.165) is 64.0 Å². The van der Waals surface area contributed by atoms with Gasteiger partial charge in [0.1, 0.15) is 0 Å². The molecule has 0 atom stereocenters. The summed E-state index contributed by atoms with van der Waals surface area (Å²) in [5.74, 6) is 0.0325. The summed E-state index contributed by atoms with van der Waals surface area (Å²) in [6.45, 7) is 5.15. The van der Waals surface area contributed by atoms with Gasteiger partial charge in [-0.2, -0.15) is 0 Å². The van der Waals surface area contributed by atoms with E-state index >= 15 is 0 Å². The molecule has 1 fully saturated rings. The molecule has 142 valence electrons. The molecule has 0 bridgehead atoms. The van der Waals surface area contributed by atoms with Crippen molar-refractivity contribution >= 4 is 59.9 Å². The highest BCUT2D eigenvalue weighted by atomic mass is 79.9. The van der Waals surface area contributed by atoms with Crippen molar-refractivity contribution in [2.24, 2.45) is 0 Å². The molecular weight excluding hydrogens is 446 g/mol. The highest BCUT2D eigenvalue weighted by molar-refractivity contribution is 9.10. The third-order valence-electron chi connectivity index (χ3n) is 4.51. The van der Waals surface area contributed by atoms with Gasteiger partial charge < -0.3 is 4.74 Å². The Morgan fingerprint density at radius 3 is 2.93 bits per heavy atom. The summed E-state index contributed by atoms with van der Waals surface area (Å²) in [6.07, 6.45) is 0.913. The van der Waals surface area contributed by atoms with Crippen LogP contribution in [0.25, 0.3) is 10.2 Å². The Labute approximate surface area is 174 Å². The van der Waals surface area contributed by atoms with Crippen molar-refractivity contribution in [3.05, 3.63) is 45.1 Å². The number of hydrogen-bond acceptors (Lipinski definition) is 6. The molecule has 3 aromatic rings. The fraction of sp³-hybridized carbons (Fsp3) is 0.368. The molecule has 1 saturated heterocycles. The van der Waals surface area contributed by atoms with Gasteiger partial charge in [-0.25, -0.2) is 4.98 Å². The molecule has 8 heteroatoms. The average Bonchev–Trinajstić information content (AvgIpc) is 3.35. The lowest BCUT2D eigenvalue weighted by atomic mass is 10.3. The van der Waals surface area contributed by atoms with Gasteiger partial charge in [0, 0.05) is 30.7 Å². The first kappa shape index (κ1) is 19.0. The molecule has 0 unspecified atom stereocenters. The highest BCUT2D eigenvalue weighted by Gasteiger charge is 2.22. The van der Waals surface area contributed by atoms with Crippen molar-refractivity contribution in [3.63, 3.8) is 0 Å². The number of amides is 1. The second kappa shape index (κ2) is 8.79. The Bertz CT molecular complexity index is 907. The number of rotatable bonds is 6. The molecule has 1 aliphatic rings. The van der Waals surface area contributed by atoms with Crippen molar-refractivity contribution in [1.29, 1.82) is 0 Å². The van der Waals surface area contributed by atoms with Crippen LogP contribution in [0, 0.1) is 0 Å². The zero-order valence-corrected chi connectivity index (χ0v) is 18.0. The normalized spacial score (nSPS) is 15.3. The van der Waals surface area contributed by atoms with Crippen molar-refractivity contribution in [3.8, 4) is 0 Å². The van der Waals surface area contributed by atoms with Gasteiger partial charge in [-0.15, -0.1) is 11.3 Å². The van der Waals surface area contributed by atoms with Crippen LogP contribution in [-0.2, 0) is 4.74 Å². The first-order valence-corrected chi connectivity index (χ1v) is 11.4. The molecule has 1 aromatic carbocycles. The van der Waals surface area contributed by atoms with E-state index in [1.807, 2.05) is 34.5 Å². The number of nitrogens with zero attached hydrogens (tertiary/aromatic N) is 3. The number of carbonyl (C=O) groups is 1. The molecule has 0 saturated carbocycles. The van der Waals surface area contributed by atoms with E-state index < -0.39 is 0 Å². The number of thiophene rings is 1. The number of thiazole rings is 1. The molecule has 2 aromatic heterocycles. The van der Waals surface area contributed by atoms with E-state index in [1.165, 1.54) is 11.3 Å². The lowest BCUT2D eigenvalue weighted by Gasteiger charge is -2.27. The maximum atomic E-state index is 13.1. The number of fused-ring (bicyclic) bond motifs is 1. The second-order valence-electron chi connectivity index (χ2n) is 6.35. The number of anilines is 1. The van der Waals surface area contributed by atoms with Gasteiger partial charge in [0.2, 0.25) is 0 Å². The van der Waals surface area contributed by atoms with Crippen molar-refractivity contribution in [1.82, 2.24) is 9.88 Å².